The lowest BCUT2D eigenvalue weighted by molar-refractivity contribution is -0.0999. The van der Waals surface area contributed by atoms with Crippen LogP contribution >= 0.6 is 0 Å². The van der Waals surface area contributed by atoms with Gasteiger partial charge < -0.3 is 14.6 Å². The van der Waals surface area contributed by atoms with Gasteiger partial charge in [0.25, 0.3) is 0 Å². The highest BCUT2D eigenvalue weighted by molar-refractivity contribution is 5.30. The number of hydrogen-bond donors (Lipinski definition) is 1. The summed E-state index contributed by atoms with van der Waals surface area (Å²) in [5, 5.41) is 10.2. The van der Waals surface area contributed by atoms with Crippen molar-refractivity contribution in [3.8, 4) is 5.75 Å². The van der Waals surface area contributed by atoms with E-state index in [-0.39, 0.29) is 11.4 Å². The third kappa shape index (κ3) is 2.49. The van der Waals surface area contributed by atoms with Gasteiger partial charge in [0.15, 0.2) is 11.6 Å². The number of methoxy groups -OCH3 is 2. The van der Waals surface area contributed by atoms with E-state index < -0.39 is 11.9 Å². The van der Waals surface area contributed by atoms with E-state index in [0.717, 1.165) is 19.3 Å². The van der Waals surface area contributed by atoms with Crippen LogP contribution in [0.15, 0.2) is 18.2 Å². The standard InChI is InChI=1S/C14H19FO3/c1-17-13-5-4-10(8-11(13)15)12(16)9-14(18-2)6-3-7-14/h4-5,8,12,16H,3,6-7,9H2,1-2H3. The minimum atomic E-state index is -0.703. The number of rotatable bonds is 5. The van der Waals surface area contributed by atoms with Crippen molar-refractivity contribution in [2.45, 2.75) is 37.4 Å². The van der Waals surface area contributed by atoms with Gasteiger partial charge in [0, 0.05) is 13.5 Å². The fourth-order valence-corrected chi connectivity index (χ4v) is 2.42. The van der Waals surface area contributed by atoms with Gasteiger partial charge in [-0.25, -0.2) is 4.39 Å². The molecule has 0 aromatic heterocycles. The Balaban J connectivity index is 2.09. The summed E-state index contributed by atoms with van der Waals surface area (Å²) in [6, 6.07) is 4.55. The average molecular weight is 254 g/mol. The smallest absolute Gasteiger partial charge is 0.165 e. The number of halogens is 1. The Morgan fingerprint density at radius 2 is 2.11 bits per heavy atom. The molecule has 1 aromatic carbocycles. The SMILES string of the molecule is COc1ccc(C(O)CC2(OC)CCC2)cc1F. The van der Waals surface area contributed by atoms with Crippen molar-refractivity contribution in [2.75, 3.05) is 14.2 Å². The normalized spacial score (nSPS) is 19.1. The second-order valence-electron chi connectivity index (χ2n) is 4.85. The van der Waals surface area contributed by atoms with Gasteiger partial charge in [-0.15, -0.1) is 0 Å². The first-order valence-electron chi connectivity index (χ1n) is 6.17. The van der Waals surface area contributed by atoms with E-state index in [1.807, 2.05) is 0 Å². The van der Waals surface area contributed by atoms with Crippen LogP contribution in [0.25, 0.3) is 0 Å². The molecule has 18 heavy (non-hydrogen) atoms. The zero-order valence-corrected chi connectivity index (χ0v) is 10.8. The van der Waals surface area contributed by atoms with Crippen LogP contribution in [0, 0.1) is 5.82 Å². The molecule has 0 spiro atoms. The number of aliphatic hydroxyl groups is 1. The Bertz CT molecular complexity index is 410. The molecule has 1 fully saturated rings. The topological polar surface area (TPSA) is 38.7 Å². The van der Waals surface area contributed by atoms with E-state index in [9.17, 15) is 9.50 Å². The lowest BCUT2D eigenvalue weighted by Crippen LogP contribution is -2.40. The predicted octanol–water partition coefficient (Wildman–Crippen LogP) is 2.83. The lowest BCUT2D eigenvalue weighted by Gasteiger charge is -2.41. The highest BCUT2D eigenvalue weighted by Gasteiger charge is 2.39. The monoisotopic (exact) mass is 254 g/mol. The second kappa shape index (κ2) is 5.24. The summed E-state index contributed by atoms with van der Waals surface area (Å²) in [6.07, 6.45) is 2.84. The first kappa shape index (κ1) is 13.3. The van der Waals surface area contributed by atoms with Crippen LogP contribution < -0.4 is 4.74 Å². The summed E-state index contributed by atoms with van der Waals surface area (Å²) >= 11 is 0. The van der Waals surface area contributed by atoms with Gasteiger partial charge in [0.2, 0.25) is 0 Å². The quantitative estimate of drug-likeness (QED) is 0.878. The molecule has 1 unspecified atom stereocenters. The van der Waals surface area contributed by atoms with Crippen LogP contribution in [0.3, 0.4) is 0 Å². The molecule has 0 saturated heterocycles. The Kier molecular flexibility index (Phi) is 3.88. The van der Waals surface area contributed by atoms with Crippen LogP contribution in [0.1, 0.15) is 37.4 Å². The van der Waals surface area contributed by atoms with Crippen LogP contribution in [0.5, 0.6) is 5.75 Å². The van der Waals surface area contributed by atoms with Gasteiger partial charge in [-0.05, 0) is 37.0 Å². The van der Waals surface area contributed by atoms with Crippen LogP contribution in [-0.4, -0.2) is 24.9 Å². The predicted molar refractivity (Wildman–Crippen MR) is 66.1 cm³/mol. The molecule has 0 bridgehead atoms. The molecule has 1 aromatic rings. The first-order chi connectivity index (χ1) is 8.60. The summed E-state index contributed by atoms with van der Waals surface area (Å²) in [7, 11) is 3.09. The van der Waals surface area contributed by atoms with E-state index in [0.29, 0.717) is 12.0 Å². The van der Waals surface area contributed by atoms with Crippen molar-refractivity contribution >= 4 is 0 Å². The number of hydrogen-bond acceptors (Lipinski definition) is 3. The largest absolute Gasteiger partial charge is 0.494 e. The van der Waals surface area contributed by atoms with Crippen LogP contribution in [0.4, 0.5) is 4.39 Å². The molecule has 0 amide bonds. The Hall–Kier alpha value is -1.13. The van der Waals surface area contributed by atoms with Crippen LogP contribution in [-0.2, 0) is 4.74 Å². The number of benzene rings is 1. The second-order valence-corrected chi connectivity index (χ2v) is 4.85. The molecule has 1 aliphatic rings. The van der Waals surface area contributed by atoms with Gasteiger partial charge in [-0.1, -0.05) is 6.07 Å². The highest BCUT2D eigenvalue weighted by atomic mass is 19.1. The lowest BCUT2D eigenvalue weighted by atomic mass is 9.75. The van der Waals surface area contributed by atoms with E-state index in [1.165, 1.54) is 19.2 Å². The first-order valence-corrected chi connectivity index (χ1v) is 6.17. The molecule has 2 rings (SSSR count). The van der Waals surface area contributed by atoms with Crippen molar-refractivity contribution in [2.24, 2.45) is 0 Å². The molecule has 1 N–H and O–H groups in total. The van der Waals surface area contributed by atoms with Crippen molar-refractivity contribution < 1.29 is 19.0 Å². The Labute approximate surface area is 107 Å². The maximum absolute atomic E-state index is 13.6. The molecule has 1 aliphatic carbocycles. The molecule has 4 heteroatoms. The highest BCUT2D eigenvalue weighted by Crippen LogP contribution is 2.42. The van der Waals surface area contributed by atoms with Gasteiger partial charge in [0.1, 0.15) is 0 Å². The van der Waals surface area contributed by atoms with E-state index >= 15 is 0 Å². The molecule has 3 nitrogen and oxygen atoms in total. The minimum Gasteiger partial charge on any atom is -0.494 e. The molecule has 1 saturated carbocycles. The van der Waals surface area contributed by atoms with E-state index in [4.69, 9.17) is 9.47 Å². The van der Waals surface area contributed by atoms with E-state index in [1.54, 1.807) is 13.2 Å². The maximum atomic E-state index is 13.6. The van der Waals surface area contributed by atoms with Gasteiger partial charge in [-0.2, -0.15) is 0 Å². The van der Waals surface area contributed by atoms with Gasteiger partial charge >= 0.3 is 0 Å². The van der Waals surface area contributed by atoms with Crippen molar-refractivity contribution in [1.29, 1.82) is 0 Å². The third-order valence-electron chi connectivity index (χ3n) is 3.82. The summed E-state index contributed by atoms with van der Waals surface area (Å²) in [6.45, 7) is 0. The Morgan fingerprint density at radius 3 is 2.56 bits per heavy atom. The van der Waals surface area contributed by atoms with Gasteiger partial charge in [0.05, 0.1) is 18.8 Å². The molecule has 100 valence electrons. The summed E-state index contributed by atoms with van der Waals surface area (Å²) in [5.41, 5.74) is 0.340. The summed E-state index contributed by atoms with van der Waals surface area (Å²) < 4.78 is 23.9. The zero-order valence-electron chi connectivity index (χ0n) is 10.8. The van der Waals surface area contributed by atoms with E-state index in [2.05, 4.69) is 0 Å². The number of aliphatic hydroxyl groups excluding tert-OH is 1. The zero-order chi connectivity index (χ0) is 13.2. The van der Waals surface area contributed by atoms with Gasteiger partial charge in [-0.3, -0.25) is 0 Å². The van der Waals surface area contributed by atoms with Crippen LogP contribution in [0.2, 0.25) is 0 Å². The molecule has 0 radical (unpaired) electrons. The average Bonchev–Trinajstić information content (AvgIpc) is 2.33. The van der Waals surface area contributed by atoms with Crippen molar-refractivity contribution in [1.82, 2.24) is 0 Å². The molecular formula is C14H19FO3. The Morgan fingerprint density at radius 1 is 1.39 bits per heavy atom. The minimum absolute atomic E-state index is 0.191. The molecule has 1 atom stereocenters. The maximum Gasteiger partial charge on any atom is 0.165 e. The fourth-order valence-electron chi connectivity index (χ4n) is 2.42. The third-order valence-corrected chi connectivity index (χ3v) is 3.82. The number of ether oxygens (including phenoxy) is 2. The van der Waals surface area contributed by atoms with Crippen molar-refractivity contribution in [3.63, 3.8) is 0 Å². The molecular weight excluding hydrogens is 235 g/mol. The molecule has 0 heterocycles. The summed E-state index contributed by atoms with van der Waals surface area (Å²) in [4.78, 5) is 0. The summed E-state index contributed by atoms with van der Waals surface area (Å²) in [5.74, 6) is -0.259. The molecule has 0 aliphatic heterocycles. The fraction of sp³-hybridized carbons (Fsp3) is 0.571. The van der Waals surface area contributed by atoms with Crippen molar-refractivity contribution in [3.05, 3.63) is 29.6 Å².